The molecule has 0 aliphatic heterocycles. The van der Waals surface area contributed by atoms with Gasteiger partial charge in [0.05, 0.1) is 12.2 Å². The lowest BCUT2D eigenvalue weighted by atomic mass is 10.3. The molecular weight excluding hydrogens is 176 g/mol. The Kier molecular flexibility index (Phi) is 2.89. The Labute approximate surface area is 75.6 Å². The average Bonchev–Trinajstić information content (AvgIpc) is 2.09. The van der Waals surface area contributed by atoms with Gasteiger partial charge in [0.15, 0.2) is 10.9 Å². The van der Waals surface area contributed by atoms with Crippen LogP contribution in [0.25, 0.3) is 0 Å². The minimum absolute atomic E-state index is 0.232. The van der Waals surface area contributed by atoms with Crippen LogP contribution in [0.3, 0.4) is 0 Å². The van der Waals surface area contributed by atoms with Crippen molar-refractivity contribution < 1.29 is 4.74 Å². The zero-order valence-electron chi connectivity index (χ0n) is 6.54. The first-order valence-corrected chi connectivity index (χ1v) is 3.84. The molecule has 4 heteroatoms. The standard InChI is InChI=1S/C8H7ClN2O/c1-2-12-7-6(5-10)3-4-11-8(7)9/h3-4H,2H2,1H3. The van der Waals surface area contributed by atoms with Crippen molar-refractivity contribution in [3.05, 3.63) is 23.0 Å². The van der Waals surface area contributed by atoms with Gasteiger partial charge in [0.2, 0.25) is 0 Å². The first-order valence-electron chi connectivity index (χ1n) is 3.47. The summed E-state index contributed by atoms with van der Waals surface area (Å²) >= 11 is 5.70. The lowest BCUT2D eigenvalue weighted by molar-refractivity contribution is 0.338. The van der Waals surface area contributed by atoms with Gasteiger partial charge in [-0.15, -0.1) is 0 Å². The van der Waals surface area contributed by atoms with E-state index in [-0.39, 0.29) is 5.15 Å². The molecule has 0 bridgehead atoms. The summed E-state index contributed by atoms with van der Waals surface area (Å²) in [5.74, 6) is 0.365. The van der Waals surface area contributed by atoms with E-state index in [0.717, 1.165) is 0 Å². The Morgan fingerprint density at radius 1 is 1.75 bits per heavy atom. The number of halogens is 1. The lowest BCUT2D eigenvalue weighted by Crippen LogP contribution is -1.96. The molecule has 0 aliphatic carbocycles. The molecular formula is C8H7ClN2O. The predicted octanol–water partition coefficient (Wildman–Crippen LogP) is 2.01. The maximum atomic E-state index is 8.65. The third kappa shape index (κ3) is 1.66. The molecule has 0 radical (unpaired) electrons. The van der Waals surface area contributed by atoms with Crippen LogP contribution in [0.1, 0.15) is 12.5 Å². The second-order valence-electron chi connectivity index (χ2n) is 2.02. The highest BCUT2D eigenvalue weighted by atomic mass is 35.5. The van der Waals surface area contributed by atoms with Crippen LogP contribution in [-0.2, 0) is 0 Å². The molecule has 1 heterocycles. The number of hydrogen-bond donors (Lipinski definition) is 0. The molecule has 0 amide bonds. The molecule has 0 aromatic carbocycles. The van der Waals surface area contributed by atoms with Gasteiger partial charge in [0.1, 0.15) is 6.07 Å². The maximum absolute atomic E-state index is 8.65. The fraction of sp³-hybridized carbons (Fsp3) is 0.250. The van der Waals surface area contributed by atoms with E-state index in [4.69, 9.17) is 21.6 Å². The van der Waals surface area contributed by atoms with E-state index in [9.17, 15) is 0 Å². The van der Waals surface area contributed by atoms with Crippen molar-refractivity contribution in [2.45, 2.75) is 6.92 Å². The average molecular weight is 183 g/mol. The third-order valence-electron chi connectivity index (χ3n) is 1.27. The second-order valence-corrected chi connectivity index (χ2v) is 2.38. The molecule has 0 N–H and O–H groups in total. The largest absolute Gasteiger partial charge is 0.489 e. The molecule has 1 rings (SSSR count). The molecule has 1 aromatic heterocycles. The van der Waals surface area contributed by atoms with Crippen molar-refractivity contribution in [1.82, 2.24) is 4.98 Å². The molecule has 0 unspecified atom stereocenters. The van der Waals surface area contributed by atoms with Gasteiger partial charge in [-0.1, -0.05) is 11.6 Å². The molecule has 0 atom stereocenters. The van der Waals surface area contributed by atoms with Crippen molar-refractivity contribution >= 4 is 11.6 Å². The molecule has 0 fully saturated rings. The molecule has 3 nitrogen and oxygen atoms in total. The normalized spacial score (nSPS) is 9.08. The van der Waals surface area contributed by atoms with E-state index in [1.165, 1.54) is 6.20 Å². The van der Waals surface area contributed by atoms with Crippen molar-refractivity contribution in [2.75, 3.05) is 6.61 Å². The molecule has 0 saturated carbocycles. The zero-order valence-corrected chi connectivity index (χ0v) is 7.30. The van der Waals surface area contributed by atoms with Gasteiger partial charge in [0.25, 0.3) is 0 Å². The van der Waals surface area contributed by atoms with E-state index < -0.39 is 0 Å². The maximum Gasteiger partial charge on any atom is 0.174 e. The first kappa shape index (κ1) is 8.82. The van der Waals surface area contributed by atoms with Gasteiger partial charge in [-0.25, -0.2) is 4.98 Å². The van der Waals surface area contributed by atoms with Crippen molar-refractivity contribution in [2.24, 2.45) is 0 Å². The monoisotopic (exact) mass is 182 g/mol. The summed E-state index contributed by atoms with van der Waals surface area (Å²) in [7, 11) is 0. The highest BCUT2D eigenvalue weighted by Gasteiger charge is 2.07. The molecule has 0 spiro atoms. The molecule has 0 aliphatic rings. The summed E-state index contributed by atoms with van der Waals surface area (Å²) in [6.07, 6.45) is 1.48. The Bertz CT molecular complexity index is 319. The fourth-order valence-electron chi connectivity index (χ4n) is 0.792. The highest BCUT2D eigenvalue weighted by molar-refractivity contribution is 6.31. The van der Waals surface area contributed by atoms with Gasteiger partial charge >= 0.3 is 0 Å². The summed E-state index contributed by atoms with van der Waals surface area (Å²) in [6, 6.07) is 3.54. The molecule has 0 saturated heterocycles. The van der Waals surface area contributed by atoms with Gasteiger partial charge in [-0.3, -0.25) is 0 Å². The van der Waals surface area contributed by atoms with E-state index in [1.807, 2.05) is 13.0 Å². The van der Waals surface area contributed by atoms with E-state index >= 15 is 0 Å². The smallest absolute Gasteiger partial charge is 0.174 e. The second kappa shape index (κ2) is 3.93. The third-order valence-corrected chi connectivity index (χ3v) is 1.54. The molecule has 62 valence electrons. The predicted molar refractivity (Wildman–Crippen MR) is 45.1 cm³/mol. The van der Waals surface area contributed by atoms with E-state index in [2.05, 4.69) is 4.98 Å². The quantitative estimate of drug-likeness (QED) is 0.658. The van der Waals surface area contributed by atoms with Crippen LogP contribution in [0, 0.1) is 11.3 Å². The Hall–Kier alpha value is -1.27. The number of rotatable bonds is 2. The minimum Gasteiger partial charge on any atom is -0.489 e. The summed E-state index contributed by atoms with van der Waals surface area (Å²) in [6.45, 7) is 2.30. The van der Waals surface area contributed by atoms with Gasteiger partial charge in [-0.05, 0) is 13.0 Å². The van der Waals surface area contributed by atoms with Gasteiger partial charge < -0.3 is 4.74 Å². The van der Waals surface area contributed by atoms with E-state index in [0.29, 0.717) is 17.9 Å². The van der Waals surface area contributed by atoms with Gasteiger partial charge in [-0.2, -0.15) is 5.26 Å². The summed E-state index contributed by atoms with van der Waals surface area (Å²) in [5.41, 5.74) is 0.414. The van der Waals surface area contributed by atoms with Gasteiger partial charge in [0, 0.05) is 6.20 Å². The first-order chi connectivity index (χ1) is 5.79. The number of aromatic nitrogens is 1. The topological polar surface area (TPSA) is 45.9 Å². The highest BCUT2D eigenvalue weighted by Crippen LogP contribution is 2.25. The Morgan fingerprint density at radius 2 is 2.50 bits per heavy atom. The Morgan fingerprint density at radius 3 is 3.08 bits per heavy atom. The zero-order chi connectivity index (χ0) is 8.97. The van der Waals surface area contributed by atoms with Crippen LogP contribution in [-0.4, -0.2) is 11.6 Å². The fourth-order valence-corrected chi connectivity index (χ4v) is 1.01. The van der Waals surface area contributed by atoms with Crippen molar-refractivity contribution in [3.63, 3.8) is 0 Å². The van der Waals surface area contributed by atoms with Crippen LogP contribution in [0.2, 0.25) is 5.15 Å². The van der Waals surface area contributed by atoms with Crippen molar-refractivity contribution in [1.29, 1.82) is 5.26 Å². The summed E-state index contributed by atoms with van der Waals surface area (Å²) in [4.78, 5) is 3.80. The number of nitriles is 1. The number of pyridine rings is 1. The van der Waals surface area contributed by atoms with Crippen LogP contribution < -0.4 is 4.74 Å². The number of hydrogen-bond acceptors (Lipinski definition) is 3. The van der Waals surface area contributed by atoms with Crippen LogP contribution in [0.5, 0.6) is 5.75 Å². The van der Waals surface area contributed by atoms with E-state index in [1.54, 1.807) is 6.07 Å². The van der Waals surface area contributed by atoms with Crippen molar-refractivity contribution in [3.8, 4) is 11.8 Å². The minimum atomic E-state index is 0.232. The molecule has 1 aromatic rings. The van der Waals surface area contributed by atoms with Crippen LogP contribution >= 0.6 is 11.6 Å². The van der Waals surface area contributed by atoms with Crippen LogP contribution in [0.15, 0.2) is 12.3 Å². The summed E-state index contributed by atoms with van der Waals surface area (Å²) < 4.78 is 5.14. The summed E-state index contributed by atoms with van der Waals surface area (Å²) in [5, 5.41) is 8.89. The number of nitrogens with zero attached hydrogens (tertiary/aromatic N) is 2. The van der Waals surface area contributed by atoms with Crippen LogP contribution in [0.4, 0.5) is 0 Å². The number of ether oxygens (including phenoxy) is 1. The lowest BCUT2D eigenvalue weighted by Gasteiger charge is -2.04. The SMILES string of the molecule is CCOc1c(C#N)ccnc1Cl. The Balaban J connectivity index is 3.13. The molecule has 12 heavy (non-hydrogen) atoms.